The highest BCUT2D eigenvalue weighted by atomic mass is 127. The van der Waals surface area contributed by atoms with E-state index in [2.05, 4.69) is 27.9 Å². The Morgan fingerprint density at radius 3 is 2.60 bits per heavy atom. The summed E-state index contributed by atoms with van der Waals surface area (Å²) in [6, 6.07) is 7.08. The van der Waals surface area contributed by atoms with Gasteiger partial charge in [-0.1, -0.05) is 29.8 Å². The molecular formula is C13H9ClINO3S. The van der Waals surface area contributed by atoms with Crippen LogP contribution in [-0.2, 0) is 4.79 Å². The van der Waals surface area contributed by atoms with Gasteiger partial charge in [-0.15, -0.1) is 11.3 Å². The number of benzene rings is 1. The van der Waals surface area contributed by atoms with Crippen molar-refractivity contribution in [2.24, 2.45) is 0 Å². The van der Waals surface area contributed by atoms with Gasteiger partial charge in [-0.2, -0.15) is 0 Å². The van der Waals surface area contributed by atoms with Crippen LogP contribution in [0.1, 0.15) is 22.0 Å². The van der Waals surface area contributed by atoms with Crippen molar-refractivity contribution in [2.45, 2.75) is 6.04 Å². The molecule has 4 nitrogen and oxygen atoms in total. The number of rotatable bonds is 4. The van der Waals surface area contributed by atoms with Crippen molar-refractivity contribution < 1.29 is 14.7 Å². The monoisotopic (exact) mass is 421 g/mol. The number of amides is 1. The van der Waals surface area contributed by atoms with Gasteiger partial charge in [0.05, 0.1) is 8.45 Å². The number of nitrogens with one attached hydrogen (secondary N) is 1. The Morgan fingerprint density at radius 1 is 1.35 bits per heavy atom. The molecule has 2 rings (SSSR count). The molecule has 0 saturated carbocycles. The minimum atomic E-state index is -1.17. The average molecular weight is 422 g/mol. The summed E-state index contributed by atoms with van der Waals surface area (Å²) in [5.74, 6) is -1.59. The molecule has 2 aromatic rings. The second-order valence-electron chi connectivity index (χ2n) is 3.91. The van der Waals surface area contributed by atoms with E-state index < -0.39 is 17.9 Å². The van der Waals surface area contributed by atoms with Crippen LogP contribution in [0.3, 0.4) is 0 Å². The number of carbonyl (C=O) groups excluding carboxylic acids is 1. The van der Waals surface area contributed by atoms with Gasteiger partial charge in [0.1, 0.15) is 0 Å². The highest BCUT2D eigenvalue weighted by molar-refractivity contribution is 14.1. The number of hydrogen-bond donors (Lipinski definition) is 2. The van der Waals surface area contributed by atoms with Gasteiger partial charge in [0, 0.05) is 16.0 Å². The Bertz CT molecular complexity index is 659. The number of hydrogen-bond acceptors (Lipinski definition) is 3. The van der Waals surface area contributed by atoms with Crippen molar-refractivity contribution in [1.82, 2.24) is 5.32 Å². The molecule has 20 heavy (non-hydrogen) atoms. The fraction of sp³-hybridized carbons (Fsp3) is 0.0769. The van der Waals surface area contributed by atoms with E-state index in [1.807, 2.05) is 0 Å². The largest absolute Gasteiger partial charge is 0.479 e. The van der Waals surface area contributed by atoms with Crippen LogP contribution < -0.4 is 5.32 Å². The Balaban J connectivity index is 2.25. The third kappa shape index (κ3) is 3.50. The Morgan fingerprint density at radius 2 is 2.05 bits per heavy atom. The van der Waals surface area contributed by atoms with E-state index in [9.17, 15) is 14.7 Å². The summed E-state index contributed by atoms with van der Waals surface area (Å²) in [4.78, 5) is 23.4. The van der Waals surface area contributed by atoms with Crippen LogP contribution in [0.25, 0.3) is 0 Å². The maximum absolute atomic E-state index is 12.0. The third-order valence-corrected chi connectivity index (χ3v) is 4.70. The van der Waals surface area contributed by atoms with Crippen LogP contribution >= 0.6 is 45.5 Å². The van der Waals surface area contributed by atoms with Crippen LogP contribution in [-0.4, -0.2) is 17.0 Å². The highest BCUT2D eigenvalue weighted by Crippen LogP contribution is 2.24. The average Bonchev–Trinajstić information content (AvgIpc) is 2.83. The van der Waals surface area contributed by atoms with E-state index in [4.69, 9.17) is 11.6 Å². The molecule has 0 fully saturated rings. The van der Waals surface area contributed by atoms with E-state index in [0.717, 1.165) is 2.88 Å². The molecule has 0 aliphatic rings. The van der Waals surface area contributed by atoms with Crippen molar-refractivity contribution in [3.63, 3.8) is 0 Å². The molecule has 0 aliphatic heterocycles. The lowest BCUT2D eigenvalue weighted by molar-refractivity contribution is -0.139. The molecule has 7 heteroatoms. The smallest absolute Gasteiger partial charge is 0.330 e. The van der Waals surface area contributed by atoms with Gasteiger partial charge in [0.25, 0.3) is 5.91 Å². The molecular weight excluding hydrogens is 413 g/mol. The van der Waals surface area contributed by atoms with Crippen LogP contribution in [0.5, 0.6) is 0 Å². The maximum Gasteiger partial charge on any atom is 0.330 e. The van der Waals surface area contributed by atoms with Gasteiger partial charge in [-0.05, 0) is 34.7 Å². The highest BCUT2D eigenvalue weighted by Gasteiger charge is 2.24. The topological polar surface area (TPSA) is 66.4 Å². The zero-order valence-corrected chi connectivity index (χ0v) is 13.7. The molecule has 0 spiro atoms. The lowest BCUT2D eigenvalue weighted by Gasteiger charge is -2.15. The molecule has 1 aromatic heterocycles. The third-order valence-electron chi connectivity index (χ3n) is 2.57. The molecule has 0 unspecified atom stereocenters. The van der Waals surface area contributed by atoms with E-state index in [-0.39, 0.29) is 0 Å². The van der Waals surface area contributed by atoms with Crippen molar-refractivity contribution in [2.75, 3.05) is 0 Å². The van der Waals surface area contributed by atoms with Crippen LogP contribution in [0.2, 0.25) is 5.02 Å². The van der Waals surface area contributed by atoms with Gasteiger partial charge >= 0.3 is 5.97 Å². The molecule has 0 saturated heterocycles. The standard InChI is InChI=1S/C13H9ClINO3S/c14-9-4-2-1-3-8(9)11(13(18)19)16-12(17)7-5-10(15)20-6-7/h1-6,11H,(H,16,17)(H,18,19)/t11-/m1/s1. The summed E-state index contributed by atoms with van der Waals surface area (Å²) in [7, 11) is 0. The zero-order chi connectivity index (χ0) is 14.7. The Kier molecular flexibility index (Phi) is 5.00. The summed E-state index contributed by atoms with van der Waals surface area (Å²) in [5, 5.41) is 13.8. The summed E-state index contributed by atoms with van der Waals surface area (Å²) in [6.07, 6.45) is 0. The van der Waals surface area contributed by atoms with Gasteiger partial charge in [0.15, 0.2) is 6.04 Å². The minimum absolute atomic E-state index is 0.306. The number of carboxylic acid groups (broad SMARTS) is 1. The van der Waals surface area contributed by atoms with Crippen LogP contribution in [0, 0.1) is 2.88 Å². The van der Waals surface area contributed by atoms with Gasteiger partial charge < -0.3 is 10.4 Å². The summed E-state index contributed by atoms with van der Waals surface area (Å²) in [5.41, 5.74) is 0.803. The van der Waals surface area contributed by atoms with E-state index >= 15 is 0 Å². The Hall–Kier alpha value is -1.12. The minimum Gasteiger partial charge on any atom is -0.479 e. The first-order chi connectivity index (χ1) is 9.49. The summed E-state index contributed by atoms with van der Waals surface area (Å²) < 4.78 is 0.956. The van der Waals surface area contributed by atoms with Gasteiger partial charge in [0.2, 0.25) is 0 Å². The van der Waals surface area contributed by atoms with E-state index in [0.29, 0.717) is 16.1 Å². The lowest BCUT2D eigenvalue weighted by Crippen LogP contribution is -2.33. The number of aliphatic carboxylic acids is 1. The molecule has 0 aliphatic carbocycles. The molecule has 1 heterocycles. The molecule has 1 atom stereocenters. The number of halogens is 2. The lowest BCUT2D eigenvalue weighted by atomic mass is 10.1. The zero-order valence-electron chi connectivity index (χ0n) is 9.97. The summed E-state index contributed by atoms with van der Waals surface area (Å²) in [6.45, 7) is 0. The van der Waals surface area contributed by atoms with Crippen molar-refractivity contribution in [3.8, 4) is 0 Å². The molecule has 0 bridgehead atoms. The molecule has 1 amide bonds. The molecule has 2 N–H and O–H groups in total. The first-order valence-electron chi connectivity index (χ1n) is 5.51. The normalized spacial score (nSPS) is 11.9. The van der Waals surface area contributed by atoms with Crippen LogP contribution in [0.4, 0.5) is 0 Å². The SMILES string of the molecule is O=C(N[C@@H](C(=O)O)c1ccccc1Cl)c1csc(I)c1. The first-order valence-corrected chi connectivity index (χ1v) is 7.85. The quantitative estimate of drug-likeness (QED) is 0.742. The fourth-order valence-electron chi connectivity index (χ4n) is 1.63. The van der Waals surface area contributed by atoms with Crippen molar-refractivity contribution in [1.29, 1.82) is 0 Å². The van der Waals surface area contributed by atoms with E-state index in [1.165, 1.54) is 11.3 Å². The number of thiophene rings is 1. The summed E-state index contributed by atoms with van der Waals surface area (Å²) >= 11 is 9.50. The van der Waals surface area contributed by atoms with Crippen molar-refractivity contribution in [3.05, 3.63) is 54.7 Å². The predicted octanol–water partition coefficient (Wildman–Crippen LogP) is 3.56. The number of carbonyl (C=O) groups is 2. The predicted molar refractivity (Wildman–Crippen MR) is 86.3 cm³/mol. The second-order valence-corrected chi connectivity index (χ2v) is 7.12. The van der Waals surface area contributed by atoms with E-state index in [1.54, 1.807) is 35.7 Å². The van der Waals surface area contributed by atoms with Crippen LogP contribution in [0.15, 0.2) is 35.7 Å². The van der Waals surface area contributed by atoms with Crippen molar-refractivity contribution >= 4 is 57.4 Å². The molecule has 0 radical (unpaired) electrons. The van der Waals surface area contributed by atoms with Gasteiger partial charge in [-0.3, -0.25) is 4.79 Å². The second kappa shape index (κ2) is 6.55. The van der Waals surface area contributed by atoms with Gasteiger partial charge in [-0.25, -0.2) is 4.79 Å². The molecule has 104 valence electrons. The molecule has 1 aromatic carbocycles. The Labute approximate surface area is 137 Å². The number of carboxylic acids is 1. The fourth-order valence-corrected chi connectivity index (χ4v) is 3.20. The maximum atomic E-state index is 12.0. The first kappa shape index (κ1) is 15.3.